The Morgan fingerprint density at radius 3 is 2.22 bits per heavy atom. The van der Waals surface area contributed by atoms with Crippen molar-refractivity contribution in [2.24, 2.45) is 5.73 Å². The molecule has 0 saturated carbocycles. The summed E-state index contributed by atoms with van der Waals surface area (Å²) in [4.78, 5) is 11.2. The van der Waals surface area contributed by atoms with Gasteiger partial charge in [0.05, 0.1) is 0 Å². The van der Waals surface area contributed by atoms with Gasteiger partial charge in [-0.1, -0.05) is 33.1 Å². The van der Waals surface area contributed by atoms with Gasteiger partial charge in [0.15, 0.2) is 0 Å². The van der Waals surface area contributed by atoms with Crippen LogP contribution in [-0.2, 0) is 14.5 Å². The molecular formula is C12H26N2O3S. The Labute approximate surface area is 110 Å². The van der Waals surface area contributed by atoms with Crippen LogP contribution in [0.15, 0.2) is 0 Å². The Morgan fingerprint density at radius 1 is 1.22 bits per heavy atom. The first-order chi connectivity index (χ1) is 8.27. The number of nitrogens with two attached hydrogens (primary N) is 1. The predicted octanol–water partition coefficient (Wildman–Crippen LogP) is 2.20. The van der Waals surface area contributed by atoms with E-state index in [9.17, 15) is 9.00 Å². The summed E-state index contributed by atoms with van der Waals surface area (Å²) in [6.45, 7) is 3.94. The number of nitrogens with one attached hydrogen (secondary N) is 1. The fraction of sp³-hybridized carbons (Fsp3) is 0.917. The average molecular weight is 278 g/mol. The molecule has 4 N–H and O–H groups in total. The lowest BCUT2D eigenvalue weighted by atomic mass is 9.91. The number of carbonyl (C=O) groups is 1. The maximum absolute atomic E-state index is 11.9. The lowest BCUT2D eigenvalue weighted by molar-refractivity contribution is -0.143. The summed E-state index contributed by atoms with van der Waals surface area (Å²) in [7, 11) is -2.68. The SMILES string of the molecule is CCCCC(N)(CCS(=N)(=O)CCCC)C(=O)O. The van der Waals surface area contributed by atoms with Gasteiger partial charge >= 0.3 is 5.97 Å². The molecule has 108 valence electrons. The second-order valence-electron chi connectivity index (χ2n) is 4.89. The van der Waals surface area contributed by atoms with Crippen molar-refractivity contribution in [3.8, 4) is 0 Å². The van der Waals surface area contributed by atoms with Gasteiger partial charge in [0.1, 0.15) is 5.54 Å². The number of hydrogen-bond donors (Lipinski definition) is 3. The molecule has 0 fully saturated rings. The molecule has 0 heterocycles. The van der Waals surface area contributed by atoms with Crippen LogP contribution in [0.25, 0.3) is 0 Å². The molecule has 0 aliphatic heterocycles. The van der Waals surface area contributed by atoms with Gasteiger partial charge in [-0.3, -0.25) is 9.57 Å². The topological polar surface area (TPSA) is 104 Å². The summed E-state index contributed by atoms with van der Waals surface area (Å²) in [6, 6.07) is 0. The van der Waals surface area contributed by atoms with Crippen LogP contribution in [0, 0.1) is 4.78 Å². The van der Waals surface area contributed by atoms with Gasteiger partial charge in [-0.05, 0) is 19.3 Å². The van der Waals surface area contributed by atoms with Crippen molar-refractivity contribution in [3.05, 3.63) is 0 Å². The van der Waals surface area contributed by atoms with Crippen LogP contribution in [0.4, 0.5) is 0 Å². The van der Waals surface area contributed by atoms with Crippen LogP contribution in [0.2, 0.25) is 0 Å². The molecule has 0 spiro atoms. The molecule has 0 bridgehead atoms. The minimum atomic E-state index is -2.68. The van der Waals surface area contributed by atoms with E-state index in [0.717, 1.165) is 25.7 Å². The number of hydrogen-bond acceptors (Lipinski definition) is 4. The normalized spacial score (nSPS) is 17.9. The van der Waals surface area contributed by atoms with E-state index in [-0.39, 0.29) is 12.2 Å². The molecule has 2 unspecified atom stereocenters. The molecule has 5 nitrogen and oxygen atoms in total. The fourth-order valence-electron chi connectivity index (χ4n) is 1.66. The van der Waals surface area contributed by atoms with Crippen LogP contribution in [-0.4, -0.2) is 32.3 Å². The number of carboxylic acid groups (broad SMARTS) is 1. The van der Waals surface area contributed by atoms with Crippen LogP contribution in [0.5, 0.6) is 0 Å². The highest BCUT2D eigenvalue weighted by Crippen LogP contribution is 2.18. The Morgan fingerprint density at radius 2 is 1.78 bits per heavy atom. The summed E-state index contributed by atoms with van der Waals surface area (Å²) in [6.07, 6.45) is 3.73. The third-order valence-electron chi connectivity index (χ3n) is 3.11. The first-order valence-electron chi connectivity index (χ1n) is 6.54. The van der Waals surface area contributed by atoms with Crippen molar-refractivity contribution in [3.63, 3.8) is 0 Å². The van der Waals surface area contributed by atoms with E-state index in [2.05, 4.69) is 0 Å². The average Bonchev–Trinajstić information content (AvgIpc) is 2.31. The van der Waals surface area contributed by atoms with Crippen LogP contribution in [0.3, 0.4) is 0 Å². The smallest absolute Gasteiger partial charge is 0.323 e. The van der Waals surface area contributed by atoms with Crippen molar-refractivity contribution in [1.82, 2.24) is 0 Å². The fourth-order valence-corrected chi connectivity index (χ4v) is 3.31. The summed E-state index contributed by atoms with van der Waals surface area (Å²) in [5.74, 6) is -0.631. The van der Waals surface area contributed by atoms with Crippen LogP contribution in [0.1, 0.15) is 52.4 Å². The maximum Gasteiger partial charge on any atom is 0.323 e. The lowest BCUT2D eigenvalue weighted by Gasteiger charge is -2.25. The molecule has 0 aromatic carbocycles. The van der Waals surface area contributed by atoms with Crippen molar-refractivity contribution < 1.29 is 14.1 Å². The van der Waals surface area contributed by atoms with Gasteiger partial charge in [-0.2, -0.15) is 0 Å². The molecule has 2 atom stereocenters. The Kier molecular flexibility index (Phi) is 7.47. The minimum Gasteiger partial charge on any atom is -0.480 e. The standard InChI is InChI=1S/C12H26N2O3S/c1-3-5-7-12(13,11(15)16)8-10-18(14,17)9-6-4-2/h14H,3-10,13H2,1-2H3,(H,15,16). The van der Waals surface area contributed by atoms with Crippen molar-refractivity contribution in [2.45, 2.75) is 57.9 Å². The highest BCUT2D eigenvalue weighted by molar-refractivity contribution is 7.92. The monoisotopic (exact) mass is 278 g/mol. The zero-order chi connectivity index (χ0) is 14.2. The van der Waals surface area contributed by atoms with E-state index in [1.807, 2.05) is 13.8 Å². The van der Waals surface area contributed by atoms with E-state index in [1.54, 1.807) is 0 Å². The van der Waals surface area contributed by atoms with Gasteiger partial charge in [0.2, 0.25) is 0 Å². The van der Waals surface area contributed by atoms with Crippen LogP contribution >= 0.6 is 0 Å². The molecule has 0 aliphatic carbocycles. The highest BCUT2D eigenvalue weighted by atomic mass is 32.2. The van der Waals surface area contributed by atoms with Crippen molar-refractivity contribution >= 4 is 15.7 Å². The van der Waals surface area contributed by atoms with Gasteiger partial charge in [-0.15, -0.1) is 0 Å². The van der Waals surface area contributed by atoms with Gasteiger partial charge < -0.3 is 10.8 Å². The molecule has 6 heteroatoms. The molecule has 0 aliphatic rings. The first-order valence-corrected chi connectivity index (χ1v) is 8.43. The largest absolute Gasteiger partial charge is 0.480 e. The zero-order valence-electron chi connectivity index (χ0n) is 11.4. The second kappa shape index (κ2) is 7.74. The van der Waals surface area contributed by atoms with E-state index in [0.29, 0.717) is 12.2 Å². The summed E-state index contributed by atoms with van der Waals surface area (Å²) in [5.41, 5.74) is 4.53. The Hall–Kier alpha value is -0.620. The maximum atomic E-state index is 11.9. The number of aliphatic carboxylic acids is 1. The van der Waals surface area contributed by atoms with Crippen molar-refractivity contribution in [1.29, 1.82) is 4.78 Å². The first kappa shape index (κ1) is 17.4. The molecule has 0 aromatic rings. The molecule has 0 saturated heterocycles. The minimum absolute atomic E-state index is 0.0829. The molecule has 0 rings (SSSR count). The molecule has 0 radical (unpaired) electrons. The molecule has 0 aromatic heterocycles. The summed E-state index contributed by atoms with van der Waals surface area (Å²) < 4.78 is 19.6. The highest BCUT2D eigenvalue weighted by Gasteiger charge is 2.33. The van der Waals surface area contributed by atoms with E-state index >= 15 is 0 Å². The molecule has 0 amide bonds. The lowest BCUT2D eigenvalue weighted by Crippen LogP contribution is -2.49. The third-order valence-corrected chi connectivity index (χ3v) is 4.92. The number of rotatable bonds is 10. The predicted molar refractivity (Wildman–Crippen MR) is 74.2 cm³/mol. The Bertz CT molecular complexity index is 354. The summed E-state index contributed by atoms with van der Waals surface area (Å²) in [5, 5.41) is 9.15. The second-order valence-corrected chi connectivity index (χ2v) is 7.33. The van der Waals surface area contributed by atoms with E-state index in [4.69, 9.17) is 15.6 Å². The van der Waals surface area contributed by atoms with E-state index < -0.39 is 21.2 Å². The van der Waals surface area contributed by atoms with Gasteiger partial charge in [0.25, 0.3) is 0 Å². The van der Waals surface area contributed by atoms with Crippen molar-refractivity contribution in [2.75, 3.05) is 11.5 Å². The molecule has 18 heavy (non-hydrogen) atoms. The number of unbranched alkanes of at least 4 members (excludes halogenated alkanes) is 2. The van der Waals surface area contributed by atoms with Gasteiger partial charge in [-0.25, -0.2) is 4.21 Å². The summed E-state index contributed by atoms with van der Waals surface area (Å²) >= 11 is 0. The van der Waals surface area contributed by atoms with Gasteiger partial charge in [0, 0.05) is 21.2 Å². The Balaban J connectivity index is 4.48. The van der Waals surface area contributed by atoms with Crippen LogP contribution < -0.4 is 5.73 Å². The number of carboxylic acids is 1. The third kappa shape index (κ3) is 6.35. The molecular weight excluding hydrogens is 252 g/mol. The zero-order valence-corrected chi connectivity index (χ0v) is 12.2. The van der Waals surface area contributed by atoms with E-state index in [1.165, 1.54) is 0 Å². The quantitative estimate of drug-likeness (QED) is 0.569.